The highest BCUT2D eigenvalue weighted by Crippen LogP contribution is 2.20. The zero-order valence-corrected chi connectivity index (χ0v) is 5.92. The molecule has 0 atom stereocenters. The number of carboxylic acid groups (broad SMARTS) is 2. The van der Waals surface area contributed by atoms with Gasteiger partial charge in [-0.3, -0.25) is 9.59 Å². The summed E-state index contributed by atoms with van der Waals surface area (Å²) in [5.74, 6) is -2.58. The first kappa shape index (κ1) is 8.94. The Morgan fingerprint density at radius 2 is 1.60 bits per heavy atom. The number of aliphatic carboxylic acids is 2. The highest BCUT2D eigenvalue weighted by Gasteiger charge is 2.39. The lowest BCUT2D eigenvalue weighted by atomic mass is 9.88. The van der Waals surface area contributed by atoms with Crippen LogP contribution in [0.25, 0.3) is 0 Å². The second-order valence-corrected chi connectivity index (χ2v) is 2.30. The van der Waals surface area contributed by atoms with Crippen LogP contribution in [0.1, 0.15) is 20.3 Å². The van der Waals surface area contributed by atoms with Crippen LogP contribution in [0.2, 0.25) is 0 Å². The first-order chi connectivity index (χ1) is 4.45. The number of carbonyl (C=O) groups is 2. The van der Waals surface area contributed by atoms with Crippen LogP contribution in [0, 0.1) is 5.41 Å². The Morgan fingerprint density at radius 1 is 1.30 bits per heavy atom. The van der Waals surface area contributed by atoms with Crippen LogP contribution in [0.15, 0.2) is 0 Å². The minimum absolute atomic E-state index is 0.0949. The molecule has 0 saturated heterocycles. The summed E-state index contributed by atoms with van der Waals surface area (Å²) >= 11 is 0. The minimum Gasteiger partial charge on any atom is -0.480 e. The third-order valence-corrected chi connectivity index (χ3v) is 1.65. The van der Waals surface area contributed by atoms with Crippen LogP contribution in [-0.4, -0.2) is 22.2 Å². The smallest absolute Gasteiger partial charge is 0.320 e. The van der Waals surface area contributed by atoms with E-state index in [1.807, 2.05) is 0 Å². The molecule has 0 amide bonds. The van der Waals surface area contributed by atoms with Gasteiger partial charge in [0.05, 0.1) is 0 Å². The second-order valence-electron chi connectivity index (χ2n) is 2.30. The van der Waals surface area contributed by atoms with E-state index < -0.39 is 17.4 Å². The van der Waals surface area contributed by atoms with Gasteiger partial charge in [0.15, 0.2) is 5.41 Å². The summed E-state index contributed by atoms with van der Waals surface area (Å²) in [5, 5.41) is 16.8. The van der Waals surface area contributed by atoms with E-state index in [1.54, 1.807) is 0 Å². The Bertz CT molecular complexity index is 147. The molecule has 0 heterocycles. The van der Waals surface area contributed by atoms with Crippen molar-refractivity contribution in [2.24, 2.45) is 5.41 Å². The van der Waals surface area contributed by atoms with Gasteiger partial charge < -0.3 is 10.2 Å². The minimum atomic E-state index is -1.62. The van der Waals surface area contributed by atoms with Crippen molar-refractivity contribution in [3.8, 4) is 0 Å². The molecule has 0 aliphatic carbocycles. The summed E-state index contributed by atoms with van der Waals surface area (Å²) in [7, 11) is 0. The predicted molar refractivity (Wildman–Crippen MR) is 33.7 cm³/mol. The van der Waals surface area contributed by atoms with E-state index in [0.717, 1.165) is 0 Å². The normalized spacial score (nSPS) is 11.0. The Kier molecular flexibility index (Phi) is 2.40. The number of rotatable bonds is 3. The zero-order chi connectivity index (χ0) is 8.36. The Hall–Kier alpha value is -1.06. The van der Waals surface area contributed by atoms with Crippen molar-refractivity contribution >= 4 is 11.9 Å². The number of carboxylic acids is 2. The van der Waals surface area contributed by atoms with Crippen LogP contribution >= 0.6 is 0 Å². The van der Waals surface area contributed by atoms with Gasteiger partial charge in [0.2, 0.25) is 0 Å². The number of hydrogen-bond acceptors (Lipinski definition) is 2. The summed E-state index contributed by atoms with van der Waals surface area (Å²) in [6.45, 7) is 2.72. The molecule has 0 aliphatic rings. The van der Waals surface area contributed by atoms with Crippen molar-refractivity contribution in [1.29, 1.82) is 0 Å². The molecule has 0 aromatic heterocycles. The monoisotopic (exact) mass is 146 g/mol. The van der Waals surface area contributed by atoms with Crippen molar-refractivity contribution in [1.82, 2.24) is 0 Å². The SMILES string of the molecule is CCC(C)(C(=O)O)C(=O)O. The molecular formula is C6H10O4. The van der Waals surface area contributed by atoms with E-state index >= 15 is 0 Å². The average Bonchev–Trinajstić information content (AvgIpc) is 1.85. The lowest BCUT2D eigenvalue weighted by Gasteiger charge is -2.15. The van der Waals surface area contributed by atoms with Crippen LogP contribution in [0.4, 0.5) is 0 Å². The molecule has 0 spiro atoms. The van der Waals surface area contributed by atoms with E-state index in [1.165, 1.54) is 13.8 Å². The first-order valence-corrected chi connectivity index (χ1v) is 2.92. The Balaban J connectivity index is 4.55. The molecule has 4 nitrogen and oxygen atoms in total. The highest BCUT2D eigenvalue weighted by molar-refractivity contribution is 5.97. The Morgan fingerprint density at radius 3 is 1.60 bits per heavy atom. The molecule has 0 aromatic rings. The van der Waals surface area contributed by atoms with Crippen LogP contribution < -0.4 is 0 Å². The summed E-state index contributed by atoms with van der Waals surface area (Å²) < 4.78 is 0. The molecule has 0 bridgehead atoms. The third kappa shape index (κ3) is 1.26. The predicted octanol–water partition coefficient (Wildman–Crippen LogP) is 0.572. The molecule has 0 aromatic carbocycles. The van der Waals surface area contributed by atoms with Crippen molar-refractivity contribution < 1.29 is 19.8 Å². The van der Waals surface area contributed by atoms with Gasteiger partial charge >= 0.3 is 11.9 Å². The lowest BCUT2D eigenvalue weighted by Crippen LogP contribution is -2.35. The van der Waals surface area contributed by atoms with Crippen LogP contribution in [-0.2, 0) is 9.59 Å². The molecule has 58 valence electrons. The van der Waals surface area contributed by atoms with Crippen molar-refractivity contribution in [2.75, 3.05) is 0 Å². The average molecular weight is 146 g/mol. The summed E-state index contributed by atoms with van der Waals surface area (Å²) in [5.41, 5.74) is -1.62. The van der Waals surface area contributed by atoms with Crippen molar-refractivity contribution in [3.05, 3.63) is 0 Å². The summed E-state index contributed by atoms with van der Waals surface area (Å²) in [6.07, 6.45) is 0.0949. The second kappa shape index (κ2) is 2.68. The summed E-state index contributed by atoms with van der Waals surface area (Å²) in [6, 6.07) is 0. The zero-order valence-electron chi connectivity index (χ0n) is 5.92. The topological polar surface area (TPSA) is 74.6 Å². The van der Waals surface area contributed by atoms with Gasteiger partial charge in [0.25, 0.3) is 0 Å². The van der Waals surface area contributed by atoms with Gasteiger partial charge in [-0.2, -0.15) is 0 Å². The van der Waals surface area contributed by atoms with Gasteiger partial charge in [-0.25, -0.2) is 0 Å². The molecule has 0 saturated carbocycles. The summed E-state index contributed by atoms with van der Waals surface area (Å²) in [4.78, 5) is 20.6. The molecule has 0 fully saturated rings. The first-order valence-electron chi connectivity index (χ1n) is 2.92. The maximum atomic E-state index is 10.3. The van der Waals surface area contributed by atoms with E-state index in [-0.39, 0.29) is 6.42 Å². The molecule has 0 radical (unpaired) electrons. The fraction of sp³-hybridized carbons (Fsp3) is 0.667. The van der Waals surface area contributed by atoms with E-state index in [0.29, 0.717) is 0 Å². The molecule has 0 aliphatic heterocycles. The maximum Gasteiger partial charge on any atom is 0.320 e. The van der Waals surface area contributed by atoms with E-state index in [4.69, 9.17) is 10.2 Å². The molecule has 10 heavy (non-hydrogen) atoms. The molecule has 2 N–H and O–H groups in total. The van der Waals surface area contributed by atoms with E-state index in [2.05, 4.69) is 0 Å². The van der Waals surface area contributed by atoms with Gasteiger partial charge in [-0.15, -0.1) is 0 Å². The van der Waals surface area contributed by atoms with Gasteiger partial charge in [-0.05, 0) is 13.3 Å². The fourth-order valence-electron chi connectivity index (χ4n) is 0.394. The molecular weight excluding hydrogens is 136 g/mol. The molecule has 0 rings (SSSR count). The third-order valence-electron chi connectivity index (χ3n) is 1.65. The largest absolute Gasteiger partial charge is 0.480 e. The molecule has 4 heteroatoms. The van der Waals surface area contributed by atoms with E-state index in [9.17, 15) is 9.59 Å². The number of hydrogen-bond donors (Lipinski definition) is 2. The quantitative estimate of drug-likeness (QED) is 0.571. The van der Waals surface area contributed by atoms with Gasteiger partial charge in [-0.1, -0.05) is 6.92 Å². The lowest BCUT2D eigenvalue weighted by molar-refractivity contribution is -0.163. The van der Waals surface area contributed by atoms with Crippen LogP contribution in [0.5, 0.6) is 0 Å². The van der Waals surface area contributed by atoms with Crippen molar-refractivity contribution in [2.45, 2.75) is 20.3 Å². The van der Waals surface area contributed by atoms with Crippen LogP contribution in [0.3, 0.4) is 0 Å². The van der Waals surface area contributed by atoms with Crippen molar-refractivity contribution in [3.63, 3.8) is 0 Å². The highest BCUT2D eigenvalue weighted by atomic mass is 16.4. The van der Waals surface area contributed by atoms with Gasteiger partial charge in [0.1, 0.15) is 0 Å². The Labute approximate surface area is 58.5 Å². The molecule has 0 unspecified atom stereocenters. The standard InChI is InChI=1S/C6H10O4/c1-3-6(2,4(7)8)5(9)10/h3H2,1-2H3,(H,7,8)(H,9,10). The van der Waals surface area contributed by atoms with Gasteiger partial charge in [0, 0.05) is 0 Å². The maximum absolute atomic E-state index is 10.3. The fourth-order valence-corrected chi connectivity index (χ4v) is 0.394.